The Kier molecular flexibility index (Phi) is 5.12. The summed E-state index contributed by atoms with van der Waals surface area (Å²) < 4.78 is 0. The van der Waals surface area contributed by atoms with E-state index in [2.05, 4.69) is 17.6 Å². The van der Waals surface area contributed by atoms with Gasteiger partial charge in [0.25, 0.3) is 0 Å². The lowest BCUT2D eigenvalue weighted by Crippen LogP contribution is -2.41. The normalized spacial score (nSPS) is 15.8. The van der Waals surface area contributed by atoms with Crippen LogP contribution in [0.1, 0.15) is 49.4 Å². The SMILES string of the molecule is CCc1cccc(C)c1NC(=O)C1(C(=O)NC(C)c2ccccc2)CC1. The molecule has 4 nitrogen and oxygen atoms in total. The quantitative estimate of drug-likeness (QED) is 0.769. The van der Waals surface area contributed by atoms with E-state index in [1.54, 1.807) is 0 Å². The molecule has 1 unspecified atom stereocenters. The van der Waals surface area contributed by atoms with Crippen LogP contribution in [-0.2, 0) is 16.0 Å². The third kappa shape index (κ3) is 3.50. The van der Waals surface area contributed by atoms with E-state index in [0.29, 0.717) is 12.8 Å². The number of carbonyl (C=O) groups is 2. The monoisotopic (exact) mass is 350 g/mol. The average Bonchev–Trinajstić information content (AvgIpc) is 3.46. The standard InChI is InChI=1S/C22H26N2O2/c1-4-17-12-8-9-15(2)19(17)24-21(26)22(13-14-22)20(25)23-16(3)18-10-6-5-7-11-18/h5-12,16H,4,13-14H2,1-3H3,(H,23,25)(H,24,26). The van der Waals surface area contributed by atoms with Crippen LogP contribution < -0.4 is 10.6 Å². The molecular formula is C22H26N2O2. The van der Waals surface area contributed by atoms with Gasteiger partial charge in [-0.2, -0.15) is 0 Å². The van der Waals surface area contributed by atoms with E-state index >= 15 is 0 Å². The van der Waals surface area contributed by atoms with Crippen LogP contribution in [-0.4, -0.2) is 11.8 Å². The van der Waals surface area contributed by atoms with E-state index in [1.165, 1.54) is 0 Å². The summed E-state index contributed by atoms with van der Waals surface area (Å²) in [6.07, 6.45) is 2.03. The Labute approximate surface area is 155 Å². The second kappa shape index (κ2) is 7.32. The van der Waals surface area contributed by atoms with Crippen molar-refractivity contribution in [3.8, 4) is 0 Å². The third-order valence-electron chi connectivity index (χ3n) is 5.24. The van der Waals surface area contributed by atoms with E-state index < -0.39 is 5.41 Å². The largest absolute Gasteiger partial charge is 0.349 e. The fourth-order valence-corrected chi connectivity index (χ4v) is 3.28. The summed E-state index contributed by atoms with van der Waals surface area (Å²) in [7, 11) is 0. The van der Waals surface area contributed by atoms with Crippen molar-refractivity contribution in [3.63, 3.8) is 0 Å². The zero-order valence-corrected chi connectivity index (χ0v) is 15.6. The van der Waals surface area contributed by atoms with Gasteiger partial charge < -0.3 is 10.6 Å². The van der Waals surface area contributed by atoms with E-state index in [0.717, 1.165) is 28.8 Å². The summed E-state index contributed by atoms with van der Waals surface area (Å²) in [5.41, 5.74) is 3.05. The first-order chi connectivity index (χ1) is 12.5. The molecule has 2 aromatic carbocycles. The lowest BCUT2D eigenvalue weighted by Gasteiger charge is -2.21. The van der Waals surface area contributed by atoms with Crippen LogP contribution in [0.3, 0.4) is 0 Å². The Morgan fingerprint density at radius 2 is 1.73 bits per heavy atom. The summed E-state index contributed by atoms with van der Waals surface area (Å²) in [5.74, 6) is -0.378. The summed E-state index contributed by atoms with van der Waals surface area (Å²) >= 11 is 0. The fraction of sp³-hybridized carbons (Fsp3) is 0.364. The lowest BCUT2D eigenvalue weighted by atomic mass is 10.0. The van der Waals surface area contributed by atoms with Gasteiger partial charge in [-0.05, 0) is 49.8 Å². The Morgan fingerprint density at radius 1 is 1.04 bits per heavy atom. The van der Waals surface area contributed by atoms with Gasteiger partial charge in [-0.25, -0.2) is 0 Å². The summed E-state index contributed by atoms with van der Waals surface area (Å²) in [4.78, 5) is 25.7. The van der Waals surface area contributed by atoms with Crippen molar-refractivity contribution in [2.45, 2.75) is 46.1 Å². The van der Waals surface area contributed by atoms with Crippen LogP contribution in [0, 0.1) is 12.3 Å². The Balaban J connectivity index is 1.72. The highest BCUT2D eigenvalue weighted by molar-refractivity contribution is 6.13. The molecule has 1 saturated carbocycles. The zero-order chi connectivity index (χ0) is 18.7. The molecular weight excluding hydrogens is 324 g/mol. The Morgan fingerprint density at radius 3 is 2.35 bits per heavy atom. The molecule has 1 atom stereocenters. The predicted molar refractivity (Wildman–Crippen MR) is 104 cm³/mol. The maximum absolute atomic E-state index is 12.9. The fourth-order valence-electron chi connectivity index (χ4n) is 3.28. The highest BCUT2D eigenvalue weighted by Gasteiger charge is 2.56. The number of benzene rings is 2. The maximum atomic E-state index is 12.9. The number of anilines is 1. The molecule has 0 saturated heterocycles. The molecule has 0 spiro atoms. The molecule has 26 heavy (non-hydrogen) atoms. The van der Waals surface area contributed by atoms with Crippen molar-refractivity contribution in [2.75, 3.05) is 5.32 Å². The van der Waals surface area contributed by atoms with E-state index in [4.69, 9.17) is 0 Å². The molecule has 1 aliphatic carbocycles. The van der Waals surface area contributed by atoms with Crippen LogP contribution in [0.25, 0.3) is 0 Å². The van der Waals surface area contributed by atoms with Crippen molar-refractivity contribution in [1.29, 1.82) is 0 Å². The molecule has 1 aliphatic rings. The second-order valence-electron chi connectivity index (χ2n) is 7.10. The molecule has 136 valence electrons. The van der Waals surface area contributed by atoms with Crippen LogP contribution in [0.15, 0.2) is 48.5 Å². The zero-order valence-electron chi connectivity index (χ0n) is 15.6. The first kappa shape index (κ1) is 18.2. The highest BCUT2D eigenvalue weighted by Crippen LogP contribution is 2.47. The number of amides is 2. The molecule has 2 aromatic rings. The van der Waals surface area contributed by atoms with Crippen molar-refractivity contribution < 1.29 is 9.59 Å². The van der Waals surface area contributed by atoms with Gasteiger partial charge in [0.05, 0.1) is 6.04 Å². The number of hydrogen-bond acceptors (Lipinski definition) is 2. The predicted octanol–water partition coefficient (Wildman–Crippen LogP) is 4.15. The van der Waals surface area contributed by atoms with Gasteiger partial charge in [0, 0.05) is 5.69 Å². The van der Waals surface area contributed by atoms with Gasteiger partial charge in [-0.3, -0.25) is 9.59 Å². The molecule has 0 radical (unpaired) electrons. The van der Waals surface area contributed by atoms with E-state index in [1.807, 2.05) is 62.4 Å². The van der Waals surface area contributed by atoms with Crippen molar-refractivity contribution >= 4 is 17.5 Å². The van der Waals surface area contributed by atoms with Gasteiger partial charge in [-0.1, -0.05) is 55.5 Å². The molecule has 0 heterocycles. The molecule has 1 fully saturated rings. The van der Waals surface area contributed by atoms with Gasteiger partial charge in [0.1, 0.15) is 5.41 Å². The number of carbonyl (C=O) groups excluding carboxylic acids is 2. The Hall–Kier alpha value is -2.62. The van der Waals surface area contributed by atoms with Gasteiger partial charge in [0.15, 0.2) is 0 Å². The molecule has 0 bridgehead atoms. The summed E-state index contributed by atoms with van der Waals surface area (Å²) in [6.45, 7) is 5.98. The minimum atomic E-state index is -0.934. The summed E-state index contributed by atoms with van der Waals surface area (Å²) in [5, 5.41) is 6.04. The molecule has 2 amide bonds. The van der Waals surface area contributed by atoms with Crippen molar-refractivity contribution in [1.82, 2.24) is 5.32 Å². The molecule has 0 aliphatic heterocycles. The Bertz CT molecular complexity index is 810. The summed E-state index contributed by atoms with van der Waals surface area (Å²) in [6, 6.07) is 15.7. The van der Waals surface area contributed by atoms with Crippen LogP contribution in [0.2, 0.25) is 0 Å². The molecule has 4 heteroatoms. The first-order valence-electron chi connectivity index (χ1n) is 9.24. The van der Waals surface area contributed by atoms with Crippen molar-refractivity contribution in [3.05, 3.63) is 65.2 Å². The van der Waals surface area contributed by atoms with E-state index in [9.17, 15) is 9.59 Å². The van der Waals surface area contributed by atoms with Crippen LogP contribution in [0.5, 0.6) is 0 Å². The number of para-hydroxylation sites is 1. The van der Waals surface area contributed by atoms with Crippen LogP contribution in [0.4, 0.5) is 5.69 Å². The van der Waals surface area contributed by atoms with Gasteiger partial charge in [-0.15, -0.1) is 0 Å². The smallest absolute Gasteiger partial charge is 0.240 e. The topological polar surface area (TPSA) is 58.2 Å². The van der Waals surface area contributed by atoms with Gasteiger partial charge >= 0.3 is 0 Å². The molecule has 0 aromatic heterocycles. The number of rotatable bonds is 6. The van der Waals surface area contributed by atoms with Crippen LogP contribution >= 0.6 is 0 Å². The molecule has 3 rings (SSSR count). The third-order valence-corrected chi connectivity index (χ3v) is 5.24. The minimum absolute atomic E-state index is 0.126. The number of nitrogens with one attached hydrogen (secondary N) is 2. The maximum Gasteiger partial charge on any atom is 0.240 e. The number of hydrogen-bond donors (Lipinski definition) is 2. The van der Waals surface area contributed by atoms with Gasteiger partial charge in [0.2, 0.25) is 11.8 Å². The highest BCUT2D eigenvalue weighted by atomic mass is 16.2. The minimum Gasteiger partial charge on any atom is -0.349 e. The number of aryl methyl sites for hydroxylation is 2. The van der Waals surface area contributed by atoms with E-state index in [-0.39, 0.29) is 17.9 Å². The molecule has 2 N–H and O–H groups in total. The second-order valence-corrected chi connectivity index (χ2v) is 7.10. The average molecular weight is 350 g/mol. The lowest BCUT2D eigenvalue weighted by molar-refractivity contribution is -0.134. The van der Waals surface area contributed by atoms with Crippen molar-refractivity contribution in [2.24, 2.45) is 5.41 Å². The first-order valence-corrected chi connectivity index (χ1v) is 9.24.